The van der Waals surface area contributed by atoms with Crippen LogP contribution in [0.25, 0.3) is 0 Å². The van der Waals surface area contributed by atoms with Gasteiger partial charge in [0.25, 0.3) is 0 Å². The summed E-state index contributed by atoms with van der Waals surface area (Å²) in [6, 6.07) is 2.08. The van der Waals surface area contributed by atoms with Crippen LogP contribution in [0.3, 0.4) is 0 Å². The van der Waals surface area contributed by atoms with E-state index in [1.807, 2.05) is 0 Å². The average Bonchev–Trinajstić information content (AvgIpc) is 3.17. The third-order valence-corrected chi connectivity index (χ3v) is 3.96. The molecule has 1 heterocycles. The highest BCUT2D eigenvalue weighted by Crippen LogP contribution is 2.39. The van der Waals surface area contributed by atoms with Crippen molar-refractivity contribution in [3.63, 3.8) is 0 Å². The van der Waals surface area contributed by atoms with Crippen molar-refractivity contribution in [3.8, 4) is 6.07 Å². The summed E-state index contributed by atoms with van der Waals surface area (Å²) in [7, 11) is 0. The van der Waals surface area contributed by atoms with Crippen LogP contribution in [0.2, 0.25) is 0 Å². The number of unbranched alkanes of at least 4 members (excludes halogenated alkanes) is 1. The van der Waals surface area contributed by atoms with E-state index in [1.165, 1.54) is 11.8 Å². The molecule has 1 aromatic rings. The Kier molecular flexibility index (Phi) is 4.38. The lowest BCUT2D eigenvalue weighted by Gasteiger charge is -2.09. The van der Waals surface area contributed by atoms with Gasteiger partial charge in [-0.2, -0.15) is 5.26 Å². The number of aryl methyl sites for hydroxylation is 1. The SMILES string of the molecule is Cc1nc(C2CC2)nc(SCCCC#N)c1C(=O)O. The molecule has 19 heavy (non-hydrogen) atoms. The van der Waals surface area contributed by atoms with E-state index in [2.05, 4.69) is 16.0 Å². The fourth-order valence-electron chi connectivity index (χ4n) is 1.76. The number of rotatable bonds is 6. The standard InChI is InChI=1S/C13H15N3O2S/c1-8-10(13(17)18)12(19-7-3-2-6-14)16-11(15-8)9-4-5-9/h9H,2-5,7H2,1H3,(H,17,18). The molecule has 0 radical (unpaired) electrons. The molecule has 1 aromatic heterocycles. The zero-order valence-electron chi connectivity index (χ0n) is 10.7. The van der Waals surface area contributed by atoms with Gasteiger partial charge in [0, 0.05) is 18.1 Å². The Balaban J connectivity index is 2.21. The first kappa shape index (κ1) is 13.8. The molecule has 1 aliphatic carbocycles. The predicted molar refractivity (Wildman–Crippen MR) is 71.3 cm³/mol. The number of nitriles is 1. The molecule has 0 aliphatic heterocycles. The molecule has 5 nitrogen and oxygen atoms in total. The van der Waals surface area contributed by atoms with Gasteiger partial charge < -0.3 is 5.11 Å². The van der Waals surface area contributed by atoms with Crippen molar-refractivity contribution in [1.29, 1.82) is 5.26 Å². The lowest BCUT2D eigenvalue weighted by atomic mass is 10.2. The summed E-state index contributed by atoms with van der Waals surface area (Å²) < 4.78 is 0. The molecule has 100 valence electrons. The number of carboxylic acid groups (broad SMARTS) is 1. The normalized spacial score (nSPS) is 14.1. The van der Waals surface area contributed by atoms with Gasteiger partial charge in [0.05, 0.1) is 11.8 Å². The van der Waals surface area contributed by atoms with Gasteiger partial charge in [0.2, 0.25) is 0 Å². The van der Waals surface area contributed by atoms with Gasteiger partial charge >= 0.3 is 5.97 Å². The smallest absolute Gasteiger partial charge is 0.340 e. The van der Waals surface area contributed by atoms with E-state index in [1.54, 1.807) is 6.92 Å². The monoisotopic (exact) mass is 277 g/mol. The maximum Gasteiger partial charge on any atom is 0.340 e. The Morgan fingerprint density at radius 2 is 2.26 bits per heavy atom. The van der Waals surface area contributed by atoms with Gasteiger partial charge in [-0.25, -0.2) is 14.8 Å². The summed E-state index contributed by atoms with van der Waals surface area (Å²) in [6.07, 6.45) is 3.39. The quantitative estimate of drug-likeness (QED) is 0.488. The van der Waals surface area contributed by atoms with Crippen molar-refractivity contribution in [2.45, 2.75) is 43.6 Å². The maximum absolute atomic E-state index is 11.3. The highest BCUT2D eigenvalue weighted by atomic mass is 32.2. The summed E-state index contributed by atoms with van der Waals surface area (Å²) in [5.41, 5.74) is 0.735. The van der Waals surface area contributed by atoms with E-state index in [4.69, 9.17) is 5.26 Å². The molecule has 2 rings (SSSR count). The summed E-state index contributed by atoms with van der Waals surface area (Å²) >= 11 is 1.41. The fraction of sp³-hybridized carbons (Fsp3) is 0.538. The van der Waals surface area contributed by atoms with E-state index < -0.39 is 5.97 Å². The number of nitrogens with zero attached hydrogens (tertiary/aromatic N) is 3. The molecule has 0 unspecified atom stereocenters. The molecule has 1 saturated carbocycles. The van der Waals surface area contributed by atoms with E-state index >= 15 is 0 Å². The number of carboxylic acids is 1. The van der Waals surface area contributed by atoms with Crippen LogP contribution in [0, 0.1) is 18.3 Å². The molecule has 0 amide bonds. The van der Waals surface area contributed by atoms with Crippen LogP contribution in [-0.2, 0) is 0 Å². The Bertz CT molecular complexity index is 535. The second kappa shape index (κ2) is 6.02. The van der Waals surface area contributed by atoms with E-state index in [0.717, 1.165) is 25.1 Å². The minimum absolute atomic E-state index is 0.200. The number of thioether (sulfide) groups is 1. The van der Waals surface area contributed by atoms with Crippen LogP contribution in [-0.4, -0.2) is 26.8 Å². The molecule has 0 saturated heterocycles. The molecule has 0 bridgehead atoms. The van der Waals surface area contributed by atoms with Crippen LogP contribution in [0.1, 0.15) is 53.5 Å². The summed E-state index contributed by atoms with van der Waals surface area (Å²) in [5, 5.41) is 18.3. The molecule has 0 aromatic carbocycles. The first-order valence-electron chi connectivity index (χ1n) is 6.25. The van der Waals surface area contributed by atoms with Crippen molar-refractivity contribution in [2.75, 3.05) is 5.75 Å². The molecule has 0 spiro atoms. The van der Waals surface area contributed by atoms with Crippen molar-refractivity contribution in [2.24, 2.45) is 0 Å². The fourth-order valence-corrected chi connectivity index (χ4v) is 2.78. The van der Waals surface area contributed by atoms with Crippen molar-refractivity contribution >= 4 is 17.7 Å². The number of hydrogen-bond acceptors (Lipinski definition) is 5. The highest BCUT2D eigenvalue weighted by molar-refractivity contribution is 7.99. The summed E-state index contributed by atoms with van der Waals surface area (Å²) in [5.74, 6) is 0.891. The average molecular weight is 277 g/mol. The number of aromatic carboxylic acids is 1. The van der Waals surface area contributed by atoms with E-state index in [-0.39, 0.29) is 5.56 Å². The van der Waals surface area contributed by atoms with Gasteiger partial charge in [-0.3, -0.25) is 0 Å². The van der Waals surface area contributed by atoms with Crippen LogP contribution in [0.15, 0.2) is 5.03 Å². The Morgan fingerprint density at radius 3 is 2.84 bits per heavy atom. The molecule has 6 heteroatoms. The third kappa shape index (κ3) is 3.44. The largest absolute Gasteiger partial charge is 0.478 e. The molecule has 1 N–H and O–H groups in total. The van der Waals surface area contributed by atoms with E-state index in [9.17, 15) is 9.90 Å². The van der Waals surface area contributed by atoms with Crippen LogP contribution < -0.4 is 0 Å². The van der Waals surface area contributed by atoms with Gasteiger partial charge in [0.15, 0.2) is 0 Å². The third-order valence-electron chi connectivity index (χ3n) is 2.90. The van der Waals surface area contributed by atoms with Crippen molar-refractivity contribution < 1.29 is 9.90 Å². The van der Waals surface area contributed by atoms with Gasteiger partial charge in [0.1, 0.15) is 16.4 Å². The minimum Gasteiger partial charge on any atom is -0.478 e. The summed E-state index contributed by atoms with van der Waals surface area (Å²) in [6.45, 7) is 1.72. The first-order valence-corrected chi connectivity index (χ1v) is 7.23. The lowest BCUT2D eigenvalue weighted by Crippen LogP contribution is -2.09. The number of carbonyl (C=O) groups is 1. The van der Waals surface area contributed by atoms with Crippen LogP contribution >= 0.6 is 11.8 Å². The predicted octanol–water partition coefficient (Wildman–Crippen LogP) is 2.76. The second-order valence-corrected chi connectivity index (χ2v) is 5.62. The van der Waals surface area contributed by atoms with Gasteiger partial charge in [-0.1, -0.05) is 0 Å². The minimum atomic E-state index is -0.984. The summed E-state index contributed by atoms with van der Waals surface area (Å²) in [4.78, 5) is 20.0. The van der Waals surface area contributed by atoms with Crippen LogP contribution in [0.4, 0.5) is 0 Å². The van der Waals surface area contributed by atoms with Gasteiger partial charge in [-0.05, 0) is 26.2 Å². The second-order valence-electron chi connectivity index (χ2n) is 4.54. The Labute approximate surface area is 116 Å². The van der Waals surface area contributed by atoms with Crippen molar-refractivity contribution in [3.05, 3.63) is 17.1 Å². The van der Waals surface area contributed by atoms with Crippen molar-refractivity contribution in [1.82, 2.24) is 9.97 Å². The number of aromatic nitrogens is 2. The number of hydrogen-bond donors (Lipinski definition) is 1. The zero-order valence-corrected chi connectivity index (χ0v) is 11.5. The van der Waals surface area contributed by atoms with Crippen LogP contribution in [0.5, 0.6) is 0 Å². The Hall–Kier alpha value is -1.61. The molecule has 0 atom stereocenters. The first-order chi connectivity index (χ1) is 9.13. The molecule has 1 aliphatic rings. The molecular formula is C13H15N3O2S. The lowest BCUT2D eigenvalue weighted by molar-refractivity contribution is 0.0690. The molecule has 1 fully saturated rings. The highest BCUT2D eigenvalue weighted by Gasteiger charge is 2.29. The maximum atomic E-state index is 11.3. The van der Waals surface area contributed by atoms with Gasteiger partial charge in [-0.15, -0.1) is 11.8 Å². The Morgan fingerprint density at radius 1 is 1.53 bits per heavy atom. The van der Waals surface area contributed by atoms with E-state index in [0.29, 0.717) is 28.8 Å². The zero-order chi connectivity index (χ0) is 13.8. The topological polar surface area (TPSA) is 86.9 Å². The molecular weight excluding hydrogens is 262 g/mol.